The van der Waals surface area contributed by atoms with E-state index in [1.807, 2.05) is 0 Å². The first-order chi connectivity index (χ1) is 6.42. The summed E-state index contributed by atoms with van der Waals surface area (Å²) in [7, 11) is -0.600. The van der Waals surface area contributed by atoms with Crippen LogP contribution in [0.3, 0.4) is 0 Å². The van der Waals surface area contributed by atoms with Gasteiger partial charge >= 0.3 is 10.2 Å². The number of pyridine rings is 1. The van der Waals surface area contributed by atoms with Gasteiger partial charge in [0.15, 0.2) is 0 Å². The first-order valence-electron chi connectivity index (χ1n) is 3.73. The van der Waals surface area contributed by atoms with E-state index in [0.29, 0.717) is 5.69 Å². The van der Waals surface area contributed by atoms with Gasteiger partial charge in [-0.15, -0.1) is 0 Å². The van der Waals surface area contributed by atoms with E-state index >= 15 is 0 Å². The van der Waals surface area contributed by atoms with Crippen molar-refractivity contribution in [2.24, 2.45) is 0 Å². The SMILES string of the molecule is CN(C)S(=O)(=O)Nc1ccnc(Cl)c1. The van der Waals surface area contributed by atoms with Gasteiger partial charge in [0.1, 0.15) is 5.15 Å². The fourth-order valence-corrected chi connectivity index (χ4v) is 1.49. The van der Waals surface area contributed by atoms with Crippen molar-refractivity contribution in [1.29, 1.82) is 0 Å². The van der Waals surface area contributed by atoms with Crippen molar-refractivity contribution >= 4 is 27.5 Å². The molecule has 1 N–H and O–H groups in total. The summed E-state index contributed by atoms with van der Waals surface area (Å²) in [5.41, 5.74) is 0.388. The maximum atomic E-state index is 11.4. The largest absolute Gasteiger partial charge is 0.301 e. The van der Waals surface area contributed by atoms with Gasteiger partial charge in [-0.25, -0.2) is 4.98 Å². The van der Waals surface area contributed by atoms with Gasteiger partial charge in [0, 0.05) is 20.3 Å². The Morgan fingerprint density at radius 2 is 2.14 bits per heavy atom. The van der Waals surface area contributed by atoms with Crippen molar-refractivity contribution in [3.05, 3.63) is 23.5 Å². The Balaban J connectivity index is 2.90. The second-order valence-corrected chi connectivity index (χ2v) is 5.03. The second-order valence-electron chi connectivity index (χ2n) is 2.76. The summed E-state index contributed by atoms with van der Waals surface area (Å²) in [6.45, 7) is 0. The molecular weight excluding hydrogens is 226 g/mol. The van der Waals surface area contributed by atoms with Crippen molar-refractivity contribution in [1.82, 2.24) is 9.29 Å². The molecular formula is C7H10ClN3O2S. The lowest BCUT2D eigenvalue weighted by Crippen LogP contribution is -2.28. The number of rotatable bonds is 3. The zero-order chi connectivity index (χ0) is 10.8. The molecule has 0 atom stereocenters. The third-order valence-electron chi connectivity index (χ3n) is 1.45. The summed E-state index contributed by atoms with van der Waals surface area (Å²) in [4.78, 5) is 3.73. The Bertz CT molecular complexity index is 419. The van der Waals surface area contributed by atoms with E-state index in [9.17, 15) is 8.42 Å². The lowest BCUT2D eigenvalue weighted by Gasteiger charge is -2.12. The van der Waals surface area contributed by atoms with E-state index in [4.69, 9.17) is 11.6 Å². The Morgan fingerprint density at radius 1 is 1.50 bits per heavy atom. The molecule has 78 valence electrons. The number of aromatic nitrogens is 1. The molecule has 14 heavy (non-hydrogen) atoms. The third-order valence-corrected chi connectivity index (χ3v) is 3.12. The molecule has 0 amide bonds. The summed E-state index contributed by atoms with van der Waals surface area (Å²) in [6.07, 6.45) is 1.43. The second kappa shape index (κ2) is 4.12. The minimum absolute atomic E-state index is 0.240. The van der Waals surface area contributed by atoms with Gasteiger partial charge in [0.25, 0.3) is 0 Å². The standard InChI is InChI=1S/C7H10ClN3O2S/c1-11(2)14(12,13)10-6-3-4-9-7(8)5-6/h3-5H,1-2H3,(H,9,10). The number of hydrogen-bond donors (Lipinski definition) is 1. The van der Waals surface area contributed by atoms with E-state index in [2.05, 4.69) is 9.71 Å². The fraction of sp³-hybridized carbons (Fsp3) is 0.286. The molecule has 0 saturated heterocycles. The van der Waals surface area contributed by atoms with Crippen LogP contribution >= 0.6 is 11.6 Å². The summed E-state index contributed by atoms with van der Waals surface area (Å²) in [5, 5.41) is 0.240. The quantitative estimate of drug-likeness (QED) is 0.794. The Morgan fingerprint density at radius 3 is 2.64 bits per heavy atom. The molecule has 0 saturated carbocycles. The van der Waals surface area contributed by atoms with Crippen LogP contribution in [0.15, 0.2) is 18.3 Å². The Kier molecular flexibility index (Phi) is 3.30. The monoisotopic (exact) mass is 235 g/mol. The van der Waals surface area contributed by atoms with E-state index < -0.39 is 10.2 Å². The number of anilines is 1. The summed E-state index contributed by atoms with van der Waals surface area (Å²) in [6, 6.07) is 2.95. The van der Waals surface area contributed by atoms with Crippen molar-refractivity contribution in [3.63, 3.8) is 0 Å². The normalized spacial score (nSPS) is 11.7. The minimum atomic E-state index is -3.47. The van der Waals surface area contributed by atoms with Crippen LogP contribution in [0, 0.1) is 0 Å². The Labute approximate surface area is 87.9 Å². The summed E-state index contributed by atoms with van der Waals surface area (Å²) < 4.78 is 26.1. The minimum Gasteiger partial charge on any atom is -0.271 e. The molecule has 0 spiro atoms. The van der Waals surface area contributed by atoms with Gasteiger partial charge < -0.3 is 0 Å². The maximum Gasteiger partial charge on any atom is 0.301 e. The van der Waals surface area contributed by atoms with Crippen LogP contribution in [-0.2, 0) is 10.2 Å². The summed E-state index contributed by atoms with van der Waals surface area (Å²) >= 11 is 5.59. The molecule has 1 rings (SSSR count). The number of halogens is 1. The zero-order valence-corrected chi connectivity index (χ0v) is 9.30. The van der Waals surface area contributed by atoms with Gasteiger partial charge in [-0.2, -0.15) is 12.7 Å². The third kappa shape index (κ3) is 2.83. The summed E-state index contributed by atoms with van der Waals surface area (Å²) in [5.74, 6) is 0. The van der Waals surface area contributed by atoms with Crippen molar-refractivity contribution in [2.75, 3.05) is 18.8 Å². The molecule has 1 heterocycles. The van der Waals surface area contributed by atoms with Crippen molar-refractivity contribution in [2.45, 2.75) is 0 Å². The molecule has 5 nitrogen and oxygen atoms in total. The lowest BCUT2D eigenvalue weighted by atomic mass is 10.4. The van der Waals surface area contributed by atoms with E-state index in [1.54, 1.807) is 0 Å². The Hall–Kier alpha value is -0.850. The highest BCUT2D eigenvalue weighted by Gasteiger charge is 2.12. The molecule has 0 bridgehead atoms. The van der Waals surface area contributed by atoms with Crippen molar-refractivity contribution < 1.29 is 8.42 Å². The zero-order valence-electron chi connectivity index (χ0n) is 7.73. The van der Waals surface area contributed by atoms with Crippen LogP contribution in [0.4, 0.5) is 5.69 Å². The van der Waals surface area contributed by atoms with E-state index in [1.165, 1.54) is 32.4 Å². The molecule has 0 fully saturated rings. The molecule has 0 aliphatic heterocycles. The van der Waals surface area contributed by atoms with Gasteiger partial charge in [-0.1, -0.05) is 11.6 Å². The highest BCUT2D eigenvalue weighted by molar-refractivity contribution is 7.90. The van der Waals surface area contributed by atoms with Gasteiger partial charge in [-0.3, -0.25) is 4.72 Å². The number of hydrogen-bond acceptors (Lipinski definition) is 3. The predicted molar refractivity (Wildman–Crippen MR) is 55.5 cm³/mol. The first kappa shape index (κ1) is 11.2. The first-order valence-corrected chi connectivity index (χ1v) is 5.55. The molecule has 0 aliphatic carbocycles. The van der Waals surface area contributed by atoms with Crippen molar-refractivity contribution in [3.8, 4) is 0 Å². The van der Waals surface area contributed by atoms with E-state index in [-0.39, 0.29) is 5.15 Å². The highest BCUT2D eigenvalue weighted by Crippen LogP contribution is 2.13. The van der Waals surface area contributed by atoms with Gasteiger partial charge in [0.05, 0.1) is 5.69 Å². The molecule has 7 heteroatoms. The van der Waals surface area contributed by atoms with Crippen LogP contribution in [0.1, 0.15) is 0 Å². The molecule has 0 aromatic carbocycles. The smallest absolute Gasteiger partial charge is 0.271 e. The predicted octanol–water partition coefficient (Wildman–Crippen LogP) is 0.953. The van der Waals surface area contributed by atoms with E-state index in [0.717, 1.165) is 4.31 Å². The molecule has 0 radical (unpaired) electrons. The van der Waals surface area contributed by atoms with Crippen LogP contribution in [0.2, 0.25) is 5.15 Å². The highest BCUT2D eigenvalue weighted by atomic mass is 35.5. The van der Waals surface area contributed by atoms with Gasteiger partial charge in [-0.05, 0) is 12.1 Å². The molecule has 1 aromatic heterocycles. The average molecular weight is 236 g/mol. The average Bonchev–Trinajstić information content (AvgIpc) is 2.02. The van der Waals surface area contributed by atoms with Crippen LogP contribution in [0.5, 0.6) is 0 Å². The maximum absolute atomic E-state index is 11.4. The fourth-order valence-electron chi connectivity index (χ4n) is 0.706. The topological polar surface area (TPSA) is 62.3 Å². The number of nitrogens with one attached hydrogen (secondary N) is 1. The van der Waals surface area contributed by atoms with Gasteiger partial charge in [0.2, 0.25) is 0 Å². The van der Waals surface area contributed by atoms with Crippen LogP contribution in [0.25, 0.3) is 0 Å². The lowest BCUT2D eigenvalue weighted by molar-refractivity contribution is 0.527. The van der Waals surface area contributed by atoms with Crippen LogP contribution < -0.4 is 4.72 Å². The number of nitrogens with zero attached hydrogens (tertiary/aromatic N) is 2. The molecule has 0 aliphatic rings. The van der Waals surface area contributed by atoms with Crippen LogP contribution in [-0.4, -0.2) is 31.8 Å². The molecule has 0 unspecified atom stereocenters. The molecule has 1 aromatic rings.